The maximum atomic E-state index is 12.6. The summed E-state index contributed by atoms with van der Waals surface area (Å²) >= 11 is 0. The van der Waals surface area contributed by atoms with E-state index in [1.54, 1.807) is 5.01 Å². The molecular formula is C18H26N2O4. The molecule has 1 unspecified atom stereocenters. The molecule has 1 amide bonds. The molecule has 1 aliphatic rings. The highest BCUT2D eigenvalue weighted by molar-refractivity contribution is 5.78. The molecule has 0 aliphatic carbocycles. The fraction of sp³-hybridized carbons (Fsp3) is 0.556. The van der Waals surface area contributed by atoms with E-state index in [-0.39, 0.29) is 0 Å². The topological polar surface area (TPSA) is 59.1 Å². The molecule has 1 aromatic carbocycles. The molecule has 1 aliphatic heterocycles. The van der Waals surface area contributed by atoms with Crippen LogP contribution >= 0.6 is 0 Å². The molecule has 1 saturated heterocycles. The molecule has 2 rings (SSSR count). The summed E-state index contributed by atoms with van der Waals surface area (Å²) in [4.78, 5) is 25.0. The molecule has 1 aromatic rings. The third-order valence-corrected chi connectivity index (χ3v) is 3.76. The van der Waals surface area contributed by atoms with Gasteiger partial charge in [0.2, 0.25) is 0 Å². The Labute approximate surface area is 143 Å². The number of carbonyl (C=O) groups is 2. The van der Waals surface area contributed by atoms with Crippen LogP contribution in [0.25, 0.3) is 0 Å². The number of carbonyl (C=O) groups excluding carboxylic acids is 2. The quantitative estimate of drug-likeness (QED) is 0.795. The number of hydrogen-bond acceptors (Lipinski definition) is 5. The van der Waals surface area contributed by atoms with Gasteiger partial charge < -0.3 is 9.47 Å². The van der Waals surface area contributed by atoms with E-state index >= 15 is 0 Å². The van der Waals surface area contributed by atoms with Crippen LogP contribution in [-0.4, -0.2) is 47.9 Å². The molecule has 0 saturated carbocycles. The van der Waals surface area contributed by atoms with E-state index in [2.05, 4.69) is 0 Å². The minimum absolute atomic E-state index is 0.392. The summed E-state index contributed by atoms with van der Waals surface area (Å²) in [5.74, 6) is -0.392. The van der Waals surface area contributed by atoms with E-state index in [4.69, 9.17) is 9.47 Å². The van der Waals surface area contributed by atoms with Crippen LogP contribution in [0.15, 0.2) is 30.3 Å². The third kappa shape index (κ3) is 4.47. The van der Waals surface area contributed by atoms with Crippen LogP contribution in [0.3, 0.4) is 0 Å². The summed E-state index contributed by atoms with van der Waals surface area (Å²) in [6, 6.07) is 8.69. The predicted octanol–water partition coefficient (Wildman–Crippen LogP) is 3.15. The Morgan fingerprint density at radius 3 is 2.29 bits per heavy atom. The van der Waals surface area contributed by atoms with Crippen molar-refractivity contribution >= 4 is 12.1 Å². The molecule has 1 atom stereocenters. The summed E-state index contributed by atoms with van der Waals surface area (Å²) in [6.07, 6.45) is 1.34. The second kappa shape index (κ2) is 7.66. The minimum atomic E-state index is -0.663. The van der Waals surface area contributed by atoms with E-state index in [9.17, 15) is 9.59 Å². The van der Waals surface area contributed by atoms with Gasteiger partial charge in [-0.05, 0) is 39.2 Å². The lowest BCUT2D eigenvalue weighted by Gasteiger charge is -2.42. The van der Waals surface area contributed by atoms with E-state index < -0.39 is 23.7 Å². The Kier molecular flexibility index (Phi) is 5.83. The number of benzene rings is 1. The molecule has 0 N–H and O–H groups in total. The van der Waals surface area contributed by atoms with Crippen molar-refractivity contribution < 1.29 is 19.1 Å². The standard InChI is InChI=1S/C18H26N2O4/c1-18(2,3)24-17(22)20-13-9-8-12-19(20)15(16(21)23-4)14-10-6-5-7-11-14/h5-7,10-11,15H,8-9,12-13H2,1-4H3. The zero-order valence-corrected chi connectivity index (χ0v) is 14.8. The fourth-order valence-electron chi connectivity index (χ4n) is 2.74. The van der Waals surface area contributed by atoms with Crippen molar-refractivity contribution in [2.24, 2.45) is 0 Å². The summed E-state index contributed by atoms with van der Waals surface area (Å²) in [5, 5.41) is 3.29. The van der Waals surface area contributed by atoms with Crippen LogP contribution in [0.2, 0.25) is 0 Å². The van der Waals surface area contributed by atoms with Gasteiger partial charge >= 0.3 is 12.1 Å². The lowest BCUT2D eigenvalue weighted by Crippen LogP contribution is -2.54. The first-order chi connectivity index (χ1) is 11.3. The third-order valence-electron chi connectivity index (χ3n) is 3.76. The number of hydrazine groups is 1. The van der Waals surface area contributed by atoms with Crippen LogP contribution in [0.4, 0.5) is 4.79 Å². The second-order valence-electron chi connectivity index (χ2n) is 6.81. The number of methoxy groups -OCH3 is 1. The van der Waals surface area contributed by atoms with Crippen LogP contribution in [0, 0.1) is 0 Å². The van der Waals surface area contributed by atoms with Crippen molar-refractivity contribution in [1.29, 1.82) is 0 Å². The van der Waals surface area contributed by atoms with E-state index in [1.807, 2.05) is 51.1 Å². The molecule has 6 heteroatoms. The molecule has 6 nitrogen and oxygen atoms in total. The van der Waals surface area contributed by atoms with Crippen LogP contribution in [0.5, 0.6) is 0 Å². The van der Waals surface area contributed by atoms with Gasteiger partial charge in [-0.1, -0.05) is 30.3 Å². The minimum Gasteiger partial charge on any atom is -0.468 e. The zero-order valence-electron chi connectivity index (χ0n) is 14.8. The maximum Gasteiger partial charge on any atom is 0.425 e. The molecule has 0 aromatic heterocycles. The average Bonchev–Trinajstić information content (AvgIpc) is 2.54. The summed E-state index contributed by atoms with van der Waals surface area (Å²) < 4.78 is 10.5. The highest BCUT2D eigenvalue weighted by Gasteiger charge is 2.38. The molecular weight excluding hydrogens is 308 g/mol. The lowest BCUT2D eigenvalue weighted by molar-refractivity contribution is -0.159. The van der Waals surface area contributed by atoms with Gasteiger partial charge in [0.15, 0.2) is 6.04 Å². The number of amides is 1. The summed E-state index contributed by atoms with van der Waals surface area (Å²) in [6.45, 7) is 6.60. The molecule has 24 heavy (non-hydrogen) atoms. The summed E-state index contributed by atoms with van der Waals surface area (Å²) in [7, 11) is 1.36. The van der Waals surface area contributed by atoms with Crippen LogP contribution < -0.4 is 0 Å². The maximum absolute atomic E-state index is 12.6. The Balaban J connectivity index is 2.31. The largest absolute Gasteiger partial charge is 0.468 e. The van der Waals surface area contributed by atoms with Crippen molar-refractivity contribution in [1.82, 2.24) is 10.0 Å². The van der Waals surface area contributed by atoms with Crippen molar-refractivity contribution in [3.8, 4) is 0 Å². The Bertz CT molecular complexity index is 568. The van der Waals surface area contributed by atoms with Crippen molar-refractivity contribution in [2.45, 2.75) is 45.3 Å². The highest BCUT2D eigenvalue weighted by Crippen LogP contribution is 2.28. The molecule has 0 radical (unpaired) electrons. The normalized spacial score (nSPS) is 17.2. The SMILES string of the molecule is COC(=O)C(c1ccccc1)N1CCCCN1C(=O)OC(C)(C)C. The number of hydrogen-bond donors (Lipinski definition) is 0. The molecule has 0 bridgehead atoms. The predicted molar refractivity (Wildman–Crippen MR) is 90.1 cm³/mol. The molecule has 0 spiro atoms. The second-order valence-corrected chi connectivity index (χ2v) is 6.81. The van der Waals surface area contributed by atoms with Gasteiger partial charge in [0.25, 0.3) is 0 Å². The first kappa shape index (κ1) is 18.3. The Morgan fingerprint density at radius 1 is 1.08 bits per heavy atom. The van der Waals surface area contributed by atoms with Gasteiger partial charge in [0.1, 0.15) is 5.60 Å². The van der Waals surface area contributed by atoms with Crippen LogP contribution in [0.1, 0.15) is 45.2 Å². The first-order valence-corrected chi connectivity index (χ1v) is 8.23. The van der Waals surface area contributed by atoms with E-state index in [0.29, 0.717) is 13.1 Å². The van der Waals surface area contributed by atoms with Gasteiger partial charge in [-0.3, -0.25) is 0 Å². The van der Waals surface area contributed by atoms with Crippen LogP contribution in [-0.2, 0) is 14.3 Å². The lowest BCUT2D eigenvalue weighted by atomic mass is 10.1. The molecule has 1 heterocycles. The van der Waals surface area contributed by atoms with E-state index in [1.165, 1.54) is 12.1 Å². The monoisotopic (exact) mass is 334 g/mol. The number of rotatable bonds is 3. The van der Waals surface area contributed by atoms with Crippen molar-refractivity contribution in [3.63, 3.8) is 0 Å². The van der Waals surface area contributed by atoms with Gasteiger partial charge in [0.05, 0.1) is 7.11 Å². The number of esters is 1. The molecule has 1 fully saturated rings. The first-order valence-electron chi connectivity index (χ1n) is 8.23. The van der Waals surface area contributed by atoms with Gasteiger partial charge in [0, 0.05) is 13.1 Å². The fourth-order valence-corrected chi connectivity index (χ4v) is 2.74. The Hall–Kier alpha value is -2.08. The highest BCUT2D eigenvalue weighted by atomic mass is 16.6. The molecule has 132 valence electrons. The summed E-state index contributed by atoms with van der Waals surface area (Å²) in [5.41, 5.74) is 0.202. The number of ether oxygens (including phenoxy) is 2. The van der Waals surface area contributed by atoms with Crippen molar-refractivity contribution in [2.75, 3.05) is 20.2 Å². The number of nitrogens with zero attached hydrogens (tertiary/aromatic N) is 2. The van der Waals surface area contributed by atoms with Crippen molar-refractivity contribution in [3.05, 3.63) is 35.9 Å². The Morgan fingerprint density at radius 2 is 1.71 bits per heavy atom. The van der Waals surface area contributed by atoms with E-state index in [0.717, 1.165) is 18.4 Å². The van der Waals surface area contributed by atoms with Gasteiger partial charge in [-0.15, -0.1) is 0 Å². The van der Waals surface area contributed by atoms with Gasteiger partial charge in [-0.25, -0.2) is 14.6 Å². The zero-order chi connectivity index (χ0) is 17.7. The van der Waals surface area contributed by atoms with Gasteiger partial charge in [-0.2, -0.15) is 5.01 Å². The smallest absolute Gasteiger partial charge is 0.425 e. The average molecular weight is 334 g/mol.